The zero-order chi connectivity index (χ0) is 7.73. The molecular formula is C10H18O. The maximum absolute atomic E-state index is 6.03. The van der Waals surface area contributed by atoms with Crippen molar-refractivity contribution in [2.24, 2.45) is 0 Å². The van der Waals surface area contributed by atoms with Crippen LogP contribution < -0.4 is 0 Å². The Balaban J connectivity index is 1.83. The summed E-state index contributed by atoms with van der Waals surface area (Å²) in [4.78, 5) is 0. The molecule has 1 heterocycles. The van der Waals surface area contributed by atoms with Crippen LogP contribution in [0.1, 0.15) is 51.9 Å². The zero-order valence-corrected chi connectivity index (χ0v) is 7.44. The van der Waals surface area contributed by atoms with Gasteiger partial charge in [-0.1, -0.05) is 13.3 Å². The summed E-state index contributed by atoms with van der Waals surface area (Å²) in [6.07, 6.45) is 9.91. The van der Waals surface area contributed by atoms with E-state index in [0.717, 1.165) is 0 Å². The molecule has 0 bridgehead atoms. The van der Waals surface area contributed by atoms with E-state index >= 15 is 0 Å². The third-order valence-electron chi connectivity index (χ3n) is 2.99. The molecule has 0 radical (unpaired) electrons. The quantitative estimate of drug-likeness (QED) is 0.594. The normalized spacial score (nSPS) is 34.1. The minimum absolute atomic E-state index is 0.401. The Kier molecular flexibility index (Phi) is 1.92. The van der Waals surface area contributed by atoms with Gasteiger partial charge in [0.2, 0.25) is 0 Å². The molecule has 2 fully saturated rings. The summed E-state index contributed by atoms with van der Waals surface area (Å²) in [6, 6.07) is 0. The highest BCUT2D eigenvalue weighted by molar-refractivity contribution is 4.98. The van der Waals surface area contributed by atoms with Gasteiger partial charge in [-0.05, 0) is 38.5 Å². The molecule has 0 amide bonds. The van der Waals surface area contributed by atoms with E-state index in [1.54, 1.807) is 0 Å². The summed E-state index contributed by atoms with van der Waals surface area (Å²) in [5, 5.41) is 0. The summed E-state index contributed by atoms with van der Waals surface area (Å²) >= 11 is 0. The molecule has 0 aromatic heterocycles. The van der Waals surface area contributed by atoms with Gasteiger partial charge in [-0.25, -0.2) is 0 Å². The average Bonchev–Trinajstić information content (AvgIpc) is 2.70. The number of ether oxygens (including phenoxy) is 1. The predicted molar refractivity (Wildman–Crippen MR) is 45.6 cm³/mol. The van der Waals surface area contributed by atoms with Crippen molar-refractivity contribution in [1.29, 1.82) is 0 Å². The van der Waals surface area contributed by atoms with E-state index in [2.05, 4.69) is 6.92 Å². The maximum atomic E-state index is 6.03. The second-order valence-electron chi connectivity index (χ2n) is 4.10. The lowest BCUT2D eigenvalue weighted by Crippen LogP contribution is -2.28. The number of rotatable bonds is 2. The SMILES string of the molecule is CCCC1CCCC2(CC2)O1. The molecule has 0 aromatic carbocycles. The van der Waals surface area contributed by atoms with Crippen LogP contribution in [-0.4, -0.2) is 11.7 Å². The van der Waals surface area contributed by atoms with Crippen molar-refractivity contribution in [2.75, 3.05) is 0 Å². The van der Waals surface area contributed by atoms with Gasteiger partial charge in [0.15, 0.2) is 0 Å². The maximum Gasteiger partial charge on any atom is 0.0688 e. The predicted octanol–water partition coefficient (Wildman–Crippen LogP) is 2.89. The van der Waals surface area contributed by atoms with Crippen molar-refractivity contribution in [3.8, 4) is 0 Å². The fourth-order valence-corrected chi connectivity index (χ4v) is 2.16. The van der Waals surface area contributed by atoms with Gasteiger partial charge in [0.05, 0.1) is 11.7 Å². The van der Waals surface area contributed by atoms with Crippen molar-refractivity contribution in [1.82, 2.24) is 0 Å². The van der Waals surface area contributed by atoms with E-state index in [4.69, 9.17) is 4.74 Å². The molecule has 0 aromatic rings. The van der Waals surface area contributed by atoms with E-state index in [-0.39, 0.29) is 0 Å². The molecule has 2 aliphatic rings. The minimum atomic E-state index is 0.401. The topological polar surface area (TPSA) is 9.23 Å². The third kappa shape index (κ3) is 1.58. The summed E-state index contributed by atoms with van der Waals surface area (Å²) in [5.41, 5.74) is 0.401. The van der Waals surface area contributed by atoms with Crippen LogP contribution in [0.25, 0.3) is 0 Å². The van der Waals surface area contributed by atoms with Crippen LogP contribution in [0, 0.1) is 0 Å². The Bertz CT molecular complexity index is 136. The molecule has 1 unspecified atom stereocenters. The lowest BCUT2D eigenvalue weighted by Gasteiger charge is -2.30. The second-order valence-corrected chi connectivity index (χ2v) is 4.10. The van der Waals surface area contributed by atoms with Gasteiger partial charge in [0.25, 0.3) is 0 Å². The molecule has 11 heavy (non-hydrogen) atoms. The van der Waals surface area contributed by atoms with Crippen molar-refractivity contribution >= 4 is 0 Å². The van der Waals surface area contributed by atoms with Gasteiger partial charge in [-0.2, -0.15) is 0 Å². The molecule has 1 aliphatic carbocycles. The first-order valence-electron chi connectivity index (χ1n) is 5.02. The molecule has 1 spiro atoms. The fourth-order valence-electron chi connectivity index (χ4n) is 2.16. The minimum Gasteiger partial charge on any atom is -0.372 e. The largest absolute Gasteiger partial charge is 0.372 e. The Morgan fingerprint density at radius 1 is 1.36 bits per heavy atom. The molecule has 1 nitrogen and oxygen atoms in total. The standard InChI is InChI=1S/C10H18O/c1-2-4-9-5-3-6-10(11-9)7-8-10/h9H,2-8H2,1H3. The molecule has 2 rings (SSSR count). The average molecular weight is 154 g/mol. The summed E-state index contributed by atoms with van der Waals surface area (Å²) < 4.78 is 6.03. The van der Waals surface area contributed by atoms with E-state index in [1.807, 2.05) is 0 Å². The van der Waals surface area contributed by atoms with Crippen molar-refractivity contribution in [3.05, 3.63) is 0 Å². The van der Waals surface area contributed by atoms with Crippen LogP contribution in [0.2, 0.25) is 0 Å². The van der Waals surface area contributed by atoms with E-state index in [0.29, 0.717) is 11.7 Å². The van der Waals surface area contributed by atoms with Gasteiger partial charge < -0.3 is 4.74 Å². The smallest absolute Gasteiger partial charge is 0.0688 e. The van der Waals surface area contributed by atoms with Crippen LogP contribution in [-0.2, 0) is 4.74 Å². The van der Waals surface area contributed by atoms with E-state index in [1.165, 1.54) is 44.9 Å². The van der Waals surface area contributed by atoms with Crippen LogP contribution in [0.5, 0.6) is 0 Å². The Hall–Kier alpha value is -0.0400. The molecule has 1 heteroatoms. The monoisotopic (exact) mass is 154 g/mol. The first-order chi connectivity index (χ1) is 5.35. The molecular weight excluding hydrogens is 136 g/mol. The van der Waals surface area contributed by atoms with Crippen LogP contribution in [0.15, 0.2) is 0 Å². The van der Waals surface area contributed by atoms with E-state index < -0.39 is 0 Å². The van der Waals surface area contributed by atoms with Gasteiger partial charge >= 0.3 is 0 Å². The highest BCUT2D eigenvalue weighted by Gasteiger charge is 2.46. The van der Waals surface area contributed by atoms with E-state index in [9.17, 15) is 0 Å². The number of hydrogen-bond acceptors (Lipinski definition) is 1. The summed E-state index contributed by atoms with van der Waals surface area (Å²) in [5.74, 6) is 0. The van der Waals surface area contributed by atoms with Crippen LogP contribution >= 0.6 is 0 Å². The van der Waals surface area contributed by atoms with Crippen molar-refractivity contribution < 1.29 is 4.74 Å². The summed E-state index contributed by atoms with van der Waals surface area (Å²) in [6.45, 7) is 2.25. The van der Waals surface area contributed by atoms with Gasteiger partial charge in [0, 0.05) is 0 Å². The van der Waals surface area contributed by atoms with Gasteiger partial charge in [-0.3, -0.25) is 0 Å². The molecule has 1 saturated heterocycles. The molecule has 1 saturated carbocycles. The Morgan fingerprint density at radius 2 is 2.18 bits per heavy atom. The Labute approximate surface area is 69.1 Å². The third-order valence-corrected chi connectivity index (χ3v) is 2.99. The van der Waals surface area contributed by atoms with Crippen molar-refractivity contribution in [3.63, 3.8) is 0 Å². The first kappa shape index (κ1) is 7.60. The van der Waals surface area contributed by atoms with Crippen LogP contribution in [0.4, 0.5) is 0 Å². The molecule has 1 atom stereocenters. The molecule has 1 aliphatic heterocycles. The Morgan fingerprint density at radius 3 is 2.82 bits per heavy atom. The lowest BCUT2D eigenvalue weighted by atomic mass is 10.00. The van der Waals surface area contributed by atoms with Gasteiger partial charge in [0.1, 0.15) is 0 Å². The van der Waals surface area contributed by atoms with Crippen LogP contribution in [0.3, 0.4) is 0 Å². The first-order valence-corrected chi connectivity index (χ1v) is 5.02. The molecule has 64 valence electrons. The number of hydrogen-bond donors (Lipinski definition) is 0. The molecule has 0 N–H and O–H groups in total. The zero-order valence-electron chi connectivity index (χ0n) is 7.44. The fraction of sp³-hybridized carbons (Fsp3) is 1.00. The van der Waals surface area contributed by atoms with Crippen molar-refractivity contribution in [2.45, 2.75) is 63.6 Å². The lowest BCUT2D eigenvalue weighted by molar-refractivity contribution is -0.0703. The highest BCUT2D eigenvalue weighted by Crippen LogP contribution is 2.48. The summed E-state index contributed by atoms with van der Waals surface area (Å²) in [7, 11) is 0. The highest BCUT2D eigenvalue weighted by atomic mass is 16.5. The second kappa shape index (κ2) is 2.78. The van der Waals surface area contributed by atoms with Gasteiger partial charge in [-0.15, -0.1) is 0 Å².